The predicted octanol–water partition coefficient (Wildman–Crippen LogP) is 2.49. The second kappa shape index (κ2) is 6.76. The smallest absolute Gasteiger partial charge is 0.226 e. The Labute approximate surface area is 128 Å². The second-order valence-corrected chi connectivity index (χ2v) is 5.77. The number of nitrogens with zero attached hydrogens (tertiary/aromatic N) is 1. The van der Waals surface area contributed by atoms with Crippen LogP contribution in [0.15, 0.2) is 18.2 Å². The van der Waals surface area contributed by atoms with Gasteiger partial charge in [0.05, 0.1) is 23.2 Å². The van der Waals surface area contributed by atoms with Crippen LogP contribution in [-0.4, -0.2) is 37.0 Å². The van der Waals surface area contributed by atoms with Crippen LogP contribution < -0.4 is 5.73 Å². The zero-order chi connectivity index (χ0) is 14.7. The van der Waals surface area contributed by atoms with Gasteiger partial charge in [-0.3, -0.25) is 4.79 Å². The van der Waals surface area contributed by atoms with Gasteiger partial charge in [-0.05, 0) is 17.7 Å². The van der Waals surface area contributed by atoms with Crippen LogP contribution in [-0.2, 0) is 9.53 Å². The summed E-state index contributed by atoms with van der Waals surface area (Å²) in [5.41, 5.74) is 6.48. The zero-order valence-corrected chi connectivity index (χ0v) is 12.8. The van der Waals surface area contributed by atoms with Gasteiger partial charge in [0, 0.05) is 19.0 Å². The van der Waals surface area contributed by atoms with E-state index in [-0.39, 0.29) is 17.9 Å². The largest absolute Gasteiger partial charge is 0.370 e. The van der Waals surface area contributed by atoms with E-state index in [0.29, 0.717) is 36.3 Å². The third-order valence-corrected chi connectivity index (χ3v) is 4.21. The SMILES string of the molecule is CC(CN)C(=O)N1CCOC(c2ccc(Cl)c(Cl)c2)C1. The molecule has 0 aromatic heterocycles. The van der Waals surface area contributed by atoms with Crippen molar-refractivity contribution in [2.24, 2.45) is 11.7 Å². The summed E-state index contributed by atoms with van der Waals surface area (Å²) >= 11 is 11.9. The molecule has 1 aliphatic rings. The molecule has 1 saturated heterocycles. The van der Waals surface area contributed by atoms with E-state index in [2.05, 4.69) is 0 Å². The molecule has 1 aliphatic heterocycles. The zero-order valence-electron chi connectivity index (χ0n) is 11.3. The third-order valence-electron chi connectivity index (χ3n) is 3.47. The van der Waals surface area contributed by atoms with Gasteiger partial charge >= 0.3 is 0 Å². The highest BCUT2D eigenvalue weighted by atomic mass is 35.5. The lowest BCUT2D eigenvalue weighted by molar-refractivity contribution is -0.142. The quantitative estimate of drug-likeness (QED) is 0.932. The number of halogens is 2. The van der Waals surface area contributed by atoms with Crippen molar-refractivity contribution in [1.29, 1.82) is 0 Å². The number of benzene rings is 1. The van der Waals surface area contributed by atoms with Gasteiger partial charge in [0.1, 0.15) is 6.10 Å². The van der Waals surface area contributed by atoms with Gasteiger partial charge in [0.25, 0.3) is 0 Å². The molecule has 1 heterocycles. The summed E-state index contributed by atoms with van der Waals surface area (Å²) in [6, 6.07) is 5.40. The third kappa shape index (κ3) is 3.44. The Morgan fingerprint density at radius 3 is 2.90 bits per heavy atom. The summed E-state index contributed by atoms with van der Waals surface area (Å²) in [7, 11) is 0. The van der Waals surface area contributed by atoms with Gasteiger partial charge in [0.2, 0.25) is 5.91 Å². The highest BCUT2D eigenvalue weighted by molar-refractivity contribution is 6.42. The van der Waals surface area contributed by atoms with Crippen molar-refractivity contribution in [3.05, 3.63) is 33.8 Å². The number of nitrogens with two attached hydrogens (primary N) is 1. The lowest BCUT2D eigenvalue weighted by Crippen LogP contribution is -2.45. The summed E-state index contributed by atoms with van der Waals surface area (Å²) in [6.07, 6.45) is -0.174. The maximum atomic E-state index is 12.2. The van der Waals surface area contributed by atoms with Gasteiger partial charge < -0.3 is 15.4 Å². The fourth-order valence-corrected chi connectivity index (χ4v) is 2.48. The molecule has 0 aliphatic carbocycles. The first-order valence-electron chi connectivity index (χ1n) is 6.58. The maximum absolute atomic E-state index is 12.2. The first-order chi connectivity index (χ1) is 9.52. The fraction of sp³-hybridized carbons (Fsp3) is 0.500. The van der Waals surface area contributed by atoms with Crippen molar-refractivity contribution in [2.45, 2.75) is 13.0 Å². The molecule has 0 spiro atoms. The molecular weight excluding hydrogens is 299 g/mol. The number of morpholine rings is 1. The molecule has 2 atom stereocenters. The van der Waals surface area contributed by atoms with Crippen LogP contribution >= 0.6 is 23.2 Å². The predicted molar refractivity (Wildman–Crippen MR) is 80.0 cm³/mol. The van der Waals surface area contributed by atoms with E-state index in [4.69, 9.17) is 33.7 Å². The molecule has 20 heavy (non-hydrogen) atoms. The highest BCUT2D eigenvalue weighted by Crippen LogP contribution is 2.29. The topological polar surface area (TPSA) is 55.6 Å². The summed E-state index contributed by atoms with van der Waals surface area (Å²) in [6.45, 7) is 3.82. The molecule has 1 amide bonds. The first kappa shape index (κ1) is 15.6. The Kier molecular flexibility index (Phi) is 5.27. The number of amides is 1. The van der Waals surface area contributed by atoms with Crippen LogP contribution in [0.5, 0.6) is 0 Å². The second-order valence-electron chi connectivity index (χ2n) is 4.95. The maximum Gasteiger partial charge on any atom is 0.226 e. The average molecular weight is 317 g/mol. The van der Waals surface area contributed by atoms with E-state index in [1.54, 1.807) is 17.0 Å². The number of hydrogen-bond donors (Lipinski definition) is 1. The van der Waals surface area contributed by atoms with Crippen LogP contribution in [0.1, 0.15) is 18.6 Å². The van der Waals surface area contributed by atoms with E-state index in [9.17, 15) is 4.79 Å². The van der Waals surface area contributed by atoms with Crippen molar-refractivity contribution in [3.8, 4) is 0 Å². The minimum absolute atomic E-state index is 0.0702. The van der Waals surface area contributed by atoms with Gasteiger partial charge in [-0.25, -0.2) is 0 Å². The molecule has 0 bridgehead atoms. The molecule has 110 valence electrons. The molecule has 2 unspecified atom stereocenters. The fourth-order valence-electron chi connectivity index (χ4n) is 2.18. The van der Waals surface area contributed by atoms with Crippen molar-refractivity contribution >= 4 is 29.1 Å². The molecule has 1 aromatic carbocycles. The van der Waals surface area contributed by atoms with Crippen molar-refractivity contribution in [2.75, 3.05) is 26.2 Å². The highest BCUT2D eigenvalue weighted by Gasteiger charge is 2.27. The van der Waals surface area contributed by atoms with E-state index in [1.807, 2.05) is 13.0 Å². The number of ether oxygens (including phenoxy) is 1. The van der Waals surface area contributed by atoms with Gasteiger partial charge in [-0.15, -0.1) is 0 Å². The molecule has 2 rings (SSSR count). The Hall–Kier alpha value is -0.810. The first-order valence-corrected chi connectivity index (χ1v) is 7.34. The van der Waals surface area contributed by atoms with E-state index >= 15 is 0 Å². The van der Waals surface area contributed by atoms with Crippen molar-refractivity contribution in [1.82, 2.24) is 4.90 Å². The van der Waals surface area contributed by atoms with Crippen LogP contribution in [0, 0.1) is 5.92 Å². The Bertz CT molecular complexity index is 496. The summed E-state index contributed by atoms with van der Waals surface area (Å²) < 4.78 is 5.73. The molecule has 1 aromatic rings. The van der Waals surface area contributed by atoms with E-state index in [1.165, 1.54) is 0 Å². The minimum Gasteiger partial charge on any atom is -0.370 e. The lowest BCUT2D eigenvalue weighted by atomic mass is 10.1. The number of carbonyl (C=O) groups excluding carboxylic acids is 1. The van der Waals surface area contributed by atoms with Gasteiger partial charge in [0.15, 0.2) is 0 Å². The summed E-state index contributed by atoms with van der Waals surface area (Å²) in [4.78, 5) is 14.0. The molecule has 4 nitrogen and oxygen atoms in total. The molecule has 0 radical (unpaired) electrons. The van der Waals surface area contributed by atoms with E-state index in [0.717, 1.165) is 5.56 Å². The monoisotopic (exact) mass is 316 g/mol. The van der Waals surface area contributed by atoms with Gasteiger partial charge in [-0.2, -0.15) is 0 Å². The Balaban J connectivity index is 2.10. The molecule has 0 saturated carbocycles. The Morgan fingerprint density at radius 2 is 2.25 bits per heavy atom. The summed E-state index contributed by atoms with van der Waals surface area (Å²) in [5, 5.41) is 1.00. The average Bonchev–Trinajstić information content (AvgIpc) is 2.48. The normalized spacial score (nSPS) is 20.8. The lowest BCUT2D eigenvalue weighted by Gasteiger charge is -2.34. The summed E-state index contributed by atoms with van der Waals surface area (Å²) in [5.74, 6) is -0.0941. The molecule has 2 N–H and O–H groups in total. The standard InChI is InChI=1S/C14H18Cl2N2O2/c1-9(7-17)14(19)18-4-5-20-13(8-18)10-2-3-11(15)12(16)6-10/h2-3,6,9,13H,4-5,7-8,17H2,1H3. The molecule has 1 fully saturated rings. The molecular formula is C14H18Cl2N2O2. The van der Waals surface area contributed by atoms with Crippen LogP contribution in [0.4, 0.5) is 0 Å². The van der Waals surface area contributed by atoms with Crippen LogP contribution in [0.3, 0.4) is 0 Å². The minimum atomic E-state index is -0.174. The van der Waals surface area contributed by atoms with Gasteiger partial charge in [-0.1, -0.05) is 36.2 Å². The van der Waals surface area contributed by atoms with Crippen molar-refractivity contribution in [3.63, 3.8) is 0 Å². The molecule has 6 heteroatoms. The van der Waals surface area contributed by atoms with Crippen LogP contribution in [0.25, 0.3) is 0 Å². The number of hydrogen-bond acceptors (Lipinski definition) is 3. The Morgan fingerprint density at radius 1 is 1.50 bits per heavy atom. The van der Waals surface area contributed by atoms with Crippen LogP contribution in [0.2, 0.25) is 10.0 Å². The van der Waals surface area contributed by atoms with Crippen molar-refractivity contribution < 1.29 is 9.53 Å². The van der Waals surface area contributed by atoms with E-state index < -0.39 is 0 Å². The number of rotatable bonds is 3. The number of carbonyl (C=O) groups is 1.